The number of rotatable bonds is 6. The minimum atomic E-state index is -0.745. The Morgan fingerprint density at radius 1 is 1.39 bits per heavy atom. The molecule has 0 aromatic rings. The highest BCUT2D eigenvalue weighted by Crippen LogP contribution is 2.37. The molecule has 0 spiro atoms. The number of hydrogen-bond donors (Lipinski definition) is 1. The molecule has 18 heavy (non-hydrogen) atoms. The third-order valence-electron chi connectivity index (χ3n) is 4.25. The Hall–Kier alpha value is -0.830. The van der Waals surface area contributed by atoms with Crippen LogP contribution in [0.1, 0.15) is 46.0 Å². The minimum absolute atomic E-state index is 0.0406. The van der Waals surface area contributed by atoms with E-state index in [0.717, 1.165) is 0 Å². The average Bonchev–Trinajstić information content (AvgIpc) is 3.21. The number of hydrogen-bond acceptors (Lipinski definition) is 2. The van der Waals surface area contributed by atoms with E-state index in [2.05, 4.69) is 0 Å². The molecule has 0 aromatic heterocycles. The lowest BCUT2D eigenvalue weighted by atomic mass is 9.78. The Balaban J connectivity index is 2.00. The molecule has 2 aliphatic rings. The zero-order chi connectivity index (χ0) is 13.2. The smallest absolute Gasteiger partial charge is 0.160 e. The van der Waals surface area contributed by atoms with Gasteiger partial charge in [0.15, 0.2) is 5.83 Å². The van der Waals surface area contributed by atoms with Gasteiger partial charge in [-0.05, 0) is 37.7 Å². The summed E-state index contributed by atoms with van der Waals surface area (Å²) >= 11 is 0. The van der Waals surface area contributed by atoms with Crippen LogP contribution in [0.5, 0.6) is 0 Å². The first-order chi connectivity index (χ1) is 8.59. The molecule has 3 heteroatoms. The SMILES string of the molecule is CCC(O)(CC)C1C=CC(F)=C(OCC2CC2)C1. The summed E-state index contributed by atoms with van der Waals surface area (Å²) in [5, 5.41) is 10.5. The molecule has 0 aliphatic heterocycles. The Morgan fingerprint density at radius 2 is 2.06 bits per heavy atom. The first-order valence-corrected chi connectivity index (χ1v) is 7.01. The minimum Gasteiger partial charge on any atom is -0.495 e. The molecule has 0 heterocycles. The quantitative estimate of drug-likeness (QED) is 0.782. The van der Waals surface area contributed by atoms with Crippen LogP contribution in [0.4, 0.5) is 4.39 Å². The highest BCUT2D eigenvalue weighted by molar-refractivity contribution is 5.24. The number of allylic oxidation sites excluding steroid dienone is 3. The number of halogens is 1. The molecule has 0 bridgehead atoms. The molecule has 102 valence electrons. The topological polar surface area (TPSA) is 29.5 Å². The molecule has 1 N–H and O–H groups in total. The maximum atomic E-state index is 13.7. The van der Waals surface area contributed by atoms with E-state index in [4.69, 9.17) is 4.74 Å². The highest BCUT2D eigenvalue weighted by Gasteiger charge is 2.35. The lowest BCUT2D eigenvalue weighted by Gasteiger charge is -2.34. The third kappa shape index (κ3) is 2.94. The van der Waals surface area contributed by atoms with E-state index < -0.39 is 5.60 Å². The lowest BCUT2D eigenvalue weighted by Crippen LogP contribution is -2.36. The Morgan fingerprint density at radius 3 is 2.61 bits per heavy atom. The second kappa shape index (κ2) is 5.43. The van der Waals surface area contributed by atoms with Crippen LogP contribution in [0.3, 0.4) is 0 Å². The Bertz CT molecular complexity index is 352. The molecule has 1 saturated carbocycles. The van der Waals surface area contributed by atoms with E-state index >= 15 is 0 Å². The summed E-state index contributed by atoms with van der Waals surface area (Å²) in [6.45, 7) is 4.56. The molecule has 0 radical (unpaired) electrons. The predicted octanol–water partition coefficient (Wildman–Crippen LogP) is 3.72. The van der Waals surface area contributed by atoms with Gasteiger partial charge in [-0.25, -0.2) is 4.39 Å². The van der Waals surface area contributed by atoms with E-state index in [0.29, 0.717) is 37.5 Å². The van der Waals surface area contributed by atoms with Crippen molar-refractivity contribution in [2.24, 2.45) is 11.8 Å². The molecular formula is C15H23FO2. The largest absolute Gasteiger partial charge is 0.495 e. The van der Waals surface area contributed by atoms with Crippen molar-refractivity contribution in [2.45, 2.75) is 51.6 Å². The number of ether oxygens (including phenoxy) is 1. The van der Waals surface area contributed by atoms with Crippen molar-refractivity contribution in [1.29, 1.82) is 0 Å². The summed E-state index contributed by atoms with van der Waals surface area (Å²) in [7, 11) is 0. The van der Waals surface area contributed by atoms with E-state index in [9.17, 15) is 9.50 Å². The van der Waals surface area contributed by atoms with Crippen LogP contribution in [-0.2, 0) is 4.74 Å². The molecule has 2 aliphatic carbocycles. The van der Waals surface area contributed by atoms with Gasteiger partial charge in [-0.3, -0.25) is 0 Å². The van der Waals surface area contributed by atoms with Crippen molar-refractivity contribution in [3.63, 3.8) is 0 Å². The van der Waals surface area contributed by atoms with Crippen molar-refractivity contribution in [3.8, 4) is 0 Å². The Labute approximate surface area is 109 Å². The van der Waals surface area contributed by atoms with Gasteiger partial charge in [0.1, 0.15) is 5.76 Å². The van der Waals surface area contributed by atoms with Gasteiger partial charge in [-0.15, -0.1) is 0 Å². The van der Waals surface area contributed by atoms with Gasteiger partial charge in [0, 0.05) is 12.3 Å². The summed E-state index contributed by atoms with van der Waals surface area (Å²) in [6.07, 6.45) is 7.46. The molecule has 2 nitrogen and oxygen atoms in total. The molecule has 0 aromatic carbocycles. The molecule has 2 rings (SSSR count). The van der Waals surface area contributed by atoms with Gasteiger partial charge in [-0.1, -0.05) is 19.9 Å². The summed E-state index contributed by atoms with van der Waals surface area (Å²) in [4.78, 5) is 0. The molecule has 0 saturated heterocycles. The number of aliphatic hydroxyl groups is 1. The van der Waals surface area contributed by atoms with Gasteiger partial charge < -0.3 is 9.84 Å². The van der Waals surface area contributed by atoms with Crippen LogP contribution in [0.25, 0.3) is 0 Å². The standard InChI is InChI=1S/C15H23FO2/c1-3-15(17,4-2)12-7-8-13(16)14(9-12)18-10-11-5-6-11/h7-8,11-12,17H,3-6,9-10H2,1-2H3. The van der Waals surface area contributed by atoms with Gasteiger partial charge in [0.25, 0.3) is 0 Å². The highest BCUT2D eigenvalue weighted by atomic mass is 19.1. The van der Waals surface area contributed by atoms with Crippen molar-refractivity contribution in [1.82, 2.24) is 0 Å². The summed E-state index contributed by atoms with van der Waals surface area (Å²) in [5.41, 5.74) is -0.745. The molecule has 1 atom stereocenters. The monoisotopic (exact) mass is 254 g/mol. The van der Waals surface area contributed by atoms with Gasteiger partial charge in [-0.2, -0.15) is 0 Å². The normalized spacial score (nSPS) is 24.6. The fraction of sp³-hybridized carbons (Fsp3) is 0.733. The van der Waals surface area contributed by atoms with E-state index in [1.54, 1.807) is 6.08 Å². The zero-order valence-electron chi connectivity index (χ0n) is 11.3. The second-order valence-corrected chi connectivity index (χ2v) is 5.51. The lowest BCUT2D eigenvalue weighted by molar-refractivity contribution is -0.0146. The van der Waals surface area contributed by atoms with Crippen LogP contribution >= 0.6 is 0 Å². The fourth-order valence-electron chi connectivity index (χ4n) is 2.43. The fourth-order valence-corrected chi connectivity index (χ4v) is 2.43. The van der Waals surface area contributed by atoms with Crippen LogP contribution in [-0.4, -0.2) is 17.3 Å². The van der Waals surface area contributed by atoms with Crippen molar-refractivity contribution in [2.75, 3.05) is 6.61 Å². The van der Waals surface area contributed by atoms with Crippen molar-refractivity contribution >= 4 is 0 Å². The molecule has 1 fully saturated rings. The molecule has 0 amide bonds. The van der Waals surface area contributed by atoms with Crippen LogP contribution in [0.2, 0.25) is 0 Å². The predicted molar refractivity (Wildman–Crippen MR) is 69.6 cm³/mol. The maximum Gasteiger partial charge on any atom is 0.160 e. The summed E-state index contributed by atoms with van der Waals surface area (Å²) in [5.74, 6) is 0.725. The maximum absolute atomic E-state index is 13.7. The Kier molecular flexibility index (Phi) is 4.10. The summed E-state index contributed by atoms with van der Waals surface area (Å²) in [6, 6.07) is 0. The summed E-state index contributed by atoms with van der Waals surface area (Å²) < 4.78 is 19.3. The van der Waals surface area contributed by atoms with Crippen LogP contribution in [0, 0.1) is 11.8 Å². The molecule has 1 unspecified atom stereocenters. The van der Waals surface area contributed by atoms with E-state index in [-0.39, 0.29) is 11.7 Å². The van der Waals surface area contributed by atoms with Crippen molar-refractivity contribution in [3.05, 3.63) is 23.7 Å². The molecular weight excluding hydrogens is 231 g/mol. The zero-order valence-corrected chi connectivity index (χ0v) is 11.3. The second-order valence-electron chi connectivity index (χ2n) is 5.51. The average molecular weight is 254 g/mol. The van der Waals surface area contributed by atoms with Gasteiger partial charge in [0.2, 0.25) is 0 Å². The van der Waals surface area contributed by atoms with E-state index in [1.807, 2.05) is 13.8 Å². The van der Waals surface area contributed by atoms with E-state index in [1.165, 1.54) is 18.9 Å². The third-order valence-corrected chi connectivity index (χ3v) is 4.25. The van der Waals surface area contributed by atoms with Crippen molar-refractivity contribution < 1.29 is 14.2 Å². The van der Waals surface area contributed by atoms with Crippen LogP contribution in [0.15, 0.2) is 23.7 Å². The van der Waals surface area contributed by atoms with Gasteiger partial charge >= 0.3 is 0 Å². The van der Waals surface area contributed by atoms with Gasteiger partial charge in [0.05, 0.1) is 12.2 Å². The van der Waals surface area contributed by atoms with Crippen LogP contribution < -0.4 is 0 Å². The first-order valence-electron chi connectivity index (χ1n) is 7.01. The first kappa shape index (κ1) is 13.6.